The van der Waals surface area contributed by atoms with E-state index in [0.717, 1.165) is 25.3 Å². The molecule has 0 unspecified atom stereocenters. The largest absolute Gasteiger partial charge is 0.586 e. The summed E-state index contributed by atoms with van der Waals surface area (Å²) in [4.78, 5) is 18.5. The minimum Gasteiger partial charge on any atom is -0.395 e. The maximum absolute atomic E-state index is 14.2. The number of H-pyrrole nitrogens is 1. The Hall–Kier alpha value is -3.49. The van der Waals surface area contributed by atoms with E-state index in [1.807, 2.05) is 0 Å². The zero-order valence-electron chi connectivity index (χ0n) is 19.1. The topological polar surface area (TPSA) is 73.4 Å². The Morgan fingerprint density at radius 1 is 1.03 bits per heavy atom. The van der Waals surface area contributed by atoms with Crippen molar-refractivity contribution in [3.05, 3.63) is 63.5 Å². The van der Waals surface area contributed by atoms with Crippen LogP contribution in [0, 0.1) is 11.7 Å². The van der Waals surface area contributed by atoms with Crippen molar-refractivity contribution >= 4 is 10.9 Å². The van der Waals surface area contributed by atoms with Gasteiger partial charge in [-0.1, -0.05) is 13.0 Å². The molecule has 15 heteroatoms. The first-order valence-corrected chi connectivity index (χ1v) is 10.9. The molecule has 5 rings (SSSR count). The lowest BCUT2D eigenvalue weighted by Gasteiger charge is -2.31. The van der Waals surface area contributed by atoms with Gasteiger partial charge in [0.25, 0.3) is 0 Å². The number of pyridine rings is 2. The van der Waals surface area contributed by atoms with Crippen molar-refractivity contribution in [1.29, 1.82) is 0 Å². The van der Waals surface area contributed by atoms with Crippen LogP contribution >= 0.6 is 0 Å². The molecule has 0 radical (unpaired) electrons. The molecule has 0 amide bonds. The lowest BCUT2D eigenvalue weighted by Crippen LogP contribution is -2.46. The summed E-state index contributed by atoms with van der Waals surface area (Å²) in [6.07, 6.45) is -15.3. The van der Waals surface area contributed by atoms with Gasteiger partial charge in [-0.3, -0.25) is 9.78 Å². The van der Waals surface area contributed by atoms with E-state index in [4.69, 9.17) is 4.74 Å². The van der Waals surface area contributed by atoms with Gasteiger partial charge in [0.1, 0.15) is 6.10 Å². The van der Waals surface area contributed by atoms with E-state index >= 15 is 0 Å². The summed E-state index contributed by atoms with van der Waals surface area (Å²) in [7, 11) is 0. The lowest BCUT2D eigenvalue weighted by molar-refractivity contribution is -0.287. The second-order valence-electron chi connectivity index (χ2n) is 9.09. The van der Waals surface area contributed by atoms with Crippen LogP contribution in [0.15, 0.2) is 35.3 Å². The van der Waals surface area contributed by atoms with Gasteiger partial charge in [-0.15, -0.1) is 8.78 Å². The molecule has 0 spiro atoms. The Labute approximate surface area is 206 Å². The van der Waals surface area contributed by atoms with Crippen LogP contribution in [0.3, 0.4) is 0 Å². The molecule has 4 atom stereocenters. The molecule has 2 aromatic heterocycles. The number of aromatic nitrogens is 2. The fourth-order valence-electron chi connectivity index (χ4n) is 4.93. The molecule has 1 saturated heterocycles. The van der Waals surface area contributed by atoms with Gasteiger partial charge in [0, 0.05) is 35.4 Å². The first-order chi connectivity index (χ1) is 17.4. The Morgan fingerprint density at radius 2 is 1.68 bits per heavy atom. The standard InChI is InChI=1S/C23H15F9N2O4/c1-8-14(9-3-4-10(24)17-16(9)37-23(31,32)38-17)18(36-20(8,2)22(28,29)30)12-7-13(35)15-11(34-12)5-6-33-19(15)21(25,26)27/h3-8,14,18H,1-2H3,(H,34,35)/t8-,14-,18-,20+/m0/s1. The zero-order chi connectivity index (χ0) is 28.0. The molecule has 2 aliphatic heterocycles. The molecule has 4 heterocycles. The predicted octanol–water partition coefficient (Wildman–Crippen LogP) is 6.21. The number of hydrogen-bond donors (Lipinski definition) is 1. The van der Waals surface area contributed by atoms with Gasteiger partial charge in [0.2, 0.25) is 5.75 Å². The number of aromatic amines is 1. The summed E-state index contributed by atoms with van der Waals surface area (Å²) < 4.78 is 139. The van der Waals surface area contributed by atoms with Crippen molar-refractivity contribution < 1.29 is 53.7 Å². The van der Waals surface area contributed by atoms with E-state index in [1.54, 1.807) is 0 Å². The van der Waals surface area contributed by atoms with Crippen molar-refractivity contribution in [2.45, 2.75) is 50.1 Å². The zero-order valence-corrected chi connectivity index (χ0v) is 19.1. The first kappa shape index (κ1) is 26.1. The van der Waals surface area contributed by atoms with Crippen LogP contribution in [0.25, 0.3) is 10.9 Å². The highest BCUT2D eigenvalue weighted by molar-refractivity contribution is 5.81. The Balaban J connectivity index is 1.73. The van der Waals surface area contributed by atoms with Crippen LogP contribution in [0.2, 0.25) is 0 Å². The third-order valence-electron chi connectivity index (χ3n) is 6.90. The van der Waals surface area contributed by atoms with Gasteiger partial charge < -0.3 is 19.2 Å². The molecule has 6 nitrogen and oxygen atoms in total. The summed E-state index contributed by atoms with van der Waals surface area (Å²) in [6, 6.07) is 3.25. The number of alkyl halides is 8. The highest BCUT2D eigenvalue weighted by Crippen LogP contribution is 2.61. The quantitative estimate of drug-likeness (QED) is 0.381. The maximum Gasteiger partial charge on any atom is 0.586 e. The fourth-order valence-corrected chi connectivity index (χ4v) is 4.93. The van der Waals surface area contributed by atoms with Gasteiger partial charge in [0.05, 0.1) is 10.9 Å². The van der Waals surface area contributed by atoms with Crippen molar-refractivity contribution in [2.75, 3.05) is 0 Å². The van der Waals surface area contributed by atoms with E-state index in [9.17, 15) is 44.3 Å². The number of hydrogen-bond acceptors (Lipinski definition) is 5. The minimum absolute atomic E-state index is 0.351. The Kier molecular flexibility index (Phi) is 5.51. The molecule has 0 saturated carbocycles. The number of nitrogens with one attached hydrogen (secondary N) is 1. The minimum atomic E-state index is -5.02. The number of halogens is 9. The summed E-state index contributed by atoms with van der Waals surface area (Å²) >= 11 is 0. The SMILES string of the molecule is C[C@H]1[C@@H](c2ccc(F)c3c2OC(F)(F)O3)[C@H](c2cc(=O)c3c(C(F)(F)F)nccc3[nH]2)O[C@@]1(C)C(F)(F)F. The van der Waals surface area contributed by atoms with Crippen LogP contribution in [0.1, 0.15) is 42.8 Å². The number of rotatable bonds is 2. The molecule has 204 valence electrons. The number of fused-ring (bicyclic) bond motifs is 2. The van der Waals surface area contributed by atoms with E-state index < -0.39 is 81.5 Å². The van der Waals surface area contributed by atoms with Crippen molar-refractivity contribution in [2.24, 2.45) is 5.92 Å². The Bertz CT molecular complexity index is 1500. The smallest absolute Gasteiger partial charge is 0.395 e. The third kappa shape index (κ3) is 3.85. The summed E-state index contributed by atoms with van der Waals surface area (Å²) in [6.45, 7) is 1.80. The maximum atomic E-state index is 14.2. The second-order valence-corrected chi connectivity index (χ2v) is 9.09. The number of ether oxygens (including phenoxy) is 3. The molecule has 2 aliphatic rings. The van der Waals surface area contributed by atoms with Gasteiger partial charge in [-0.2, -0.15) is 26.3 Å². The van der Waals surface area contributed by atoms with Crippen LogP contribution in [0.4, 0.5) is 39.5 Å². The van der Waals surface area contributed by atoms with E-state index in [1.165, 1.54) is 0 Å². The van der Waals surface area contributed by atoms with Crippen molar-refractivity contribution in [3.8, 4) is 11.5 Å². The van der Waals surface area contributed by atoms with Crippen LogP contribution in [0.5, 0.6) is 11.5 Å². The average molecular weight is 554 g/mol. The Morgan fingerprint density at radius 3 is 2.32 bits per heavy atom. The molecular weight excluding hydrogens is 539 g/mol. The summed E-state index contributed by atoms with van der Waals surface area (Å²) in [5.74, 6) is -6.23. The molecule has 1 aromatic carbocycles. The van der Waals surface area contributed by atoms with E-state index in [0.29, 0.717) is 19.1 Å². The molecule has 1 fully saturated rings. The first-order valence-electron chi connectivity index (χ1n) is 10.9. The molecule has 3 aromatic rings. The van der Waals surface area contributed by atoms with Crippen molar-refractivity contribution in [1.82, 2.24) is 9.97 Å². The van der Waals surface area contributed by atoms with Crippen molar-refractivity contribution in [3.63, 3.8) is 0 Å². The third-order valence-corrected chi connectivity index (χ3v) is 6.90. The van der Waals surface area contributed by atoms with Gasteiger partial charge in [0.15, 0.2) is 28.3 Å². The molecule has 38 heavy (non-hydrogen) atoms. The number of nitrogens with zero attached hydrogens (tertiary/aromatic N) is 1. The van der Waals surface area contributed by atoms with E-state index in [-0.39, 0.29) is 11.3 Å². The summed E-state index contributed by atoms with van der Waals surface area (Å²) in [5, 5.41) is -0.857. The number of benzene rings is 1. The molecule has 0 bridgehead atoms. The van der Waals surface area contributed by atoms with Gasteiger partial charge in [-0.05, 0) is 19.1 Å². The predicted molar refractivity (Wildman–Crippen MR) is 110 cm³/mol. The fraction of sp³-hybridized carbons (Fsp3) is 0.391. The lowest BCUT2D eigenvalue weighted by atomic mass is 9.76. The molecule has 1 N–H and O–H groups in total. The highest BCUT2D eigenvalue weighted by atomic mass is 19.4. The molecule has 0 aliphatic carbocycles. The van der Waals surface area contributed by atoms with Gasteiger partial charge >= 0.3 is 18.6 Å². The second kappa shape index (κ2) is 8.01. The average Bonchev–Trinajstić information content (AvgIpc) is 3.27. The van der Waals surface area contributed by atoms with Gasteiger partial charge in [-0.25, -0.2) is 4.39 Å². The van der Waals surface area contributed by atoms with E-state index in [2.05, 4.69) is 19.4 Å². The normalized spacial score (nSPS) is 26.8. The van der Waals surface area contributed by atoms with Crippen LogP contribution in [-0.4, -0.2) is 28.0 Å². The van der Waals surface area contributed by atoms with Crippen LogP contribution < -0.4 is 14.9 Å². The summed E-state index contributed by atoms with van der Waals surface area (Å²) in [5.41, 5.74) is -6.79. The monoisotopic (exact) mass is 554 g/mol. The highest BCUT2D eigenvalue weighted by Gasteiger charge is 2.65. The molecular formula is C23H15F9N2O4. The van der Waals surface area contributed by atoms with Crippen LogP contribution in [-0.2, 0) is 10.9 Å².